The molecular weight excluding hydrogens is 619 g/mol. The van der Waals surface area contributed by atoms with E-state index in [-0.39, 0.29) is 42.0 Å². The minimum Gasteiger partial charge on any atom is -0.462 e. The van der Waals surface area contributed by atoms with E-state index in [0.29, 0.717) is 5.56 Å². The zero-order valence-corrected chi connectivity index (χ0v) is 27.4. The molecule has 47 heavy (non-hydrogen) atoms. The molecule has 10 nitrogen and oxygen atoms in total. The van der Waals surface area contributed by atoms with Crippen molar-refractivity contribution in [2.75, 3.05) is 18.1 Å². The first kappa shape index (κ1) is 36.6. The van der Waals surface area contributed by atoms with Gasteiger partial charge in [-0.2, -0.15) is 18.4 Å². The van der Waals surface area contributed by atoms with Crippen LogP contribution in [0.1, 0.15) is 84.0 Å². The summed E-state index contributed by atoms with van der Waals surface area (Å²) in [6.07, 6.45) is -4.68. The number of nitriles is 1. The number of rotatable bonds is 9. The Morgan fingerprint density at radius 2 is 1.51 bits per heavy atom. The number of hydrogen-bond acceptors (Lipinski definition) is 8. The summed E-state index contributed by atoms with van der Waals surface area (Å²) in [7, 11) is 0. The molecule has 2 aromatic carbocycles. The van der Waals surface area contributed by atoms with Crippen LogP contribution in [-0.4, -0.2) is 53.2 Å². The topological polar surface area (TPSA) is 126 Å². The van der Waals surface area contributed by atoms with E-state index >= 15 is 0 Å². The van der Waals surface area contributed by atoms with Crippen molar-refractivity contribution in [3.63, 3.8) is 0 Å². The quantitative estimate of drug-likeness (QED) is 0.163. The fourth-order valence-corrected chi connectivity index (χ4v) is 4.85. The zero-order valence-electron chi connectivity index (χ0n) is 27.4. The maximum Gasteiger partial charge on any atom is 0.416 e. The number of nitrogens with zero attached hydrogens (tertiary/aromatic N) is 3. The van der Waals surface area contributed by atoms with Gasteiger partial charge in [-0.1, -0.05) is 18.2 Å². The molecule has 252 valence electrons. The average Bonchev–Trinajstić information content (AvgIpc) is 2.94. The Bertz CT molecular complexity index is 1580. The number of allylic oxidation sites excluding steroid dienone is 1. The predicted octanol–water partition coefficient (Wildman–Crippen LogP) is 6.84. The molecule has 13 heteroatoms. The van der Waals surface area contributed by atoms with Crippen molar-refractivity contribution in [2.45, 2.75) is 84.7 Å². The van der Waals surface area contributed by atoms with E-state index in [0.717, 1.165) is 28.0 Å². The summed E-state index contributed by atoms with van der Waals surface area (Å²) in [6.45, 7) is 10.5. The van der Waals surface area contributed by atoms with E-state index < -0.39 is 59.5 Å². The highest BCUT2D eigenvalue weighted by Gasteiger charge is 2.45. The molecule has 0 bridgehead atoms. The van der Waals surface area contributed by atoms with Crippen LogP contribution in [0.3, 0.4) is 0 Å². The number of amides is 2. The highest BCUT2D eigenvalue weighted by Crippen LogP contribution is 2.41. The molecule has 1 aliphatic heterocycles. The third-order valence-corrected chi connectivity index (χ3v) is 6.65. The van der Waals surface area contributed by atoms with Crippen molar-refractivity contribution in [1.82, 2.24) is 4.90 Å². The largest absolute Gasteiger partial charge is 0.462 e. The molecule has 0 aliphatic carbocycles. The monoisotopic (exact) mass is 657 g/mol. The summed E-state index contributed by atoms with van der Waals surface area (Å²) in [4.78, 5) is 55.2. The lowest BCUT2D eigenvalue weighted by Crippen LogP contribution is -2.53. The highest BCUT2D eigenvalue weighted by atomic mass is 19.4. The van der Waals surface area contributed by atoms with Gasteiger partial charge in [0.2, 0.25) is 0 Å². The van der Waals surface area contributed by atoms with E-state index in [4.69, 9.17) is 14.2 Å². The van der Waals surface area contributed by atoms with Gasteiger partial charge in [0.05, 0.1) is 41.1 Å². The number of urea groups is 1. The maximum absolute atomic E-state index is 14.2. The molecule has 0 spiro atoms. The van der Waals surface area contributed by atoms with Crippen LogP contribution >= 0.6 is 0 Å². The third-order valence-electron chi connectivity index (χ3n) is 6.65. The second-order valence-corrected chi connectivity index (χ2v) is 12.8. The van der Waals surface area contributed by atoms with Crippen molar-refractivity contribution in [3.8, 4) is 6.07 Å². The molecule has 0 aromatic heterocycles. The first-order valence-electron chi connectivity index (χ1n) is 14.8. The second kappa shape index (κ2) is 14.3. The molecule has 0 saturated heterocycles. The van der Waals surface area contributed by atoms with Crippen LogP contribution in [0.4, 0.5) is 23.7 Å². The number of ether oxygens (including phenoxy) is 3. The molecule has 0 saturated carbocycles. The van der Waals surface area contributed by atoms with Gasteiger partial charge in [0, 0.05) is 12.1 Å². The zero-order chi connectivity index (χ0) is 35.3. The molecule has 2 aromatic rings. The number of hydrogen-bond donors (Lipinski definition) is 0. The van der Waals surface area contributed by atoms with Crippen molar-refractivity contribution in [1.29, 1.82) is 5.26 Å². The van der Waals surface area contributed by atoms with Crippen LogP contribution in [0.2, 0.25) is 0 Å². The van der Waals surface area contributed by atoms with Gasteiger partial charge >= 0.3 is 30.1 Å². The number of alkyl halides is 3. The SMILES string of the molecule is CC1=C(C(=O)OCCCC(=O)OC(C)(C)C)C(c2ccc(C#N)cc2)N(CC(=O)OC(C)(C)C)C(=O)N1c1cccc(C(F)(F)F)c1. The molecular formula is C34H38F3N3O7. The van der Waals surface area contributed by atoms with E-state index in [1.807, 2.05) is 6.07 Å². The molecule has 1 aliphatic rings. The number of benzene rings is 2. The molecule has 1 unspecified atom stereocenters. The number of halogens is 3. The van der Waals surface area contributed by atoms with Crippen LogP contribution in [0.5, 0.6) is 0 Å². The first-order valence-corrected chi connectivity index (χ1v) is 14.8. The lowest BCUT2D eigenvalue weighted by Gasteiger charge is -2.42. The Morgan fingerprint density at radius 3 is 2.06 bits per heavy atom. The van der Waals surface area contributed by atoms with E-state index in [2.05, 4.69) is 0 Å². The van der Waals surface area contributed by atoms with Gasteiger partial charge in [-0.15, -0.1) is 0 Å². The Balaban J connectivity index is 2.14. The highest BCUT2D eigenvalue weighted by molar-refractivity contribution is 6.04. The van der Waals surface area contributed by atoms with Gasteiger partial charge in [0.25, 0.3) is 0 Å². The van der Waals surface area contributed by atoms with Gasteiger partial charge in [-0.25, -0.2) is 9.59 Å². The predicted molar refractivity (Wildman–Crippen MR) is 165 cm³/mol. The van der Waals surface area contributed by atoms with Crippen molar-refractivity contribution < 1.29 is 46.6 Å². The Labute approximate surface area is 271 Å². The summed E-state index contributed by atoms with van der Waals surface area (Å²) < 4.78 is 57.3. The number of carbonyl (C=O) groups excluding carboxylic acids is 4. The van der Waals surface area contributed by atoms with Gasteiger partial charge in [-0.3, -0.25) is 14.5 Å². The third kappa shape index (κ3) is 9.81. The maximum atomic E-state index is 14.2. The molecule has 2 amide bonds. The Morgan fingerprint density at radius 1 is 0.915 bits per heavy atom. The average molecular weight is 658 g/mol. The van der Waals surface area contributed by atoms with Crippen LogP contribution < -0.4 is 4.90 Å². The Kier molecular flexibility index (Phi) is 11.1. The molecule has 1 heterocycles. The first-order chi connectivity index (χ1) is 21.7. The van der Waals surface area contributed by atoms with E-state index in [1.54, 1.807) is 41.5 Å². The summed E-state index contributed by atoms with van der Waals surface area (Å²) in [6, 6.07) is 9.75. The molecule has 3 rings (SSSR count). The van der Waals surface area contributed by atoms with Crippen molar-refractivity contribution in [3.05, 3.63) is 76.5 Å². The standard InChI is InChI=1S/C34H38F3N3O7/c1-21-28(30(43)45-17-9-12-26(41)46-32(2,3)4)29(23-15-13-22(19-38)14-16-23)39(20-27(42)47-33(5,6)7)31(44)40(21)25-11-8-10-24(18-25)34(35,36)37/h8,10-11,13-16,18,29H,9,12,17,20H2,1-7H3. The molecule has 0 N–H and O–H groups in total. The normalized spacial score (nSPS) is 15.7. The van der Waals surface area contributed by atoms with Crippen LogP contribution in [-0.2, 0) is 34.8 Å². The van der Waals surface area contributed by atoms with Gasteiger partial charge < -0.3 is 19.1 Å². The second-order valence-electron chi connectivity index (χ2n) is 12.8. The van der Waals surface area contributed by atoms with Gasteiger partial charge in [0.1, 0.15) is 17.7 Å². The molecule has 0 radical (unpaired) electrons. The number of carbonyl (C=O) groups is 4. The van der Waals surface area contributed by atoms with Gasteiger partial charge in [0.15, 0.2) is 0 Å². The summed E-state index contributed by atoms with van der Waals surface area (Å²) in [5, 5.41) is 9.33. The minimum absolute atomic E-state index is 0.0405. The Hall–Kier alpha value is -4.86. The fourth-order valence-electron chi connectivity index (χ4n) is 4.85. The van der Waals surface area contributed by atoms with Crippen LogP contribution in [0, 0.1) is 11.3 Å². The summed E-state index contributed by atoms with van der Waals surface area (Å²) >= 11 is 0. The molecule has 1 atom stereocenters. The van der Waals surface area contributed by atoms with E-state index in [1.165, 1.54) is 37.3 Å². The fraction of sp³-hybridized carbons (Fsp3) is 0.441. The van der Waals surface area contributed by atoms with Crippen LogP contribution in [0.25, 0.3) is 0 Å². The summed E-state index contributed by atoms with van der Waals surface area (Å²) in [5.74, 6) is -2.26. The number of esters is 3. The van der Waals surface area contributed by atoms with Gasteiger partial charge in [-0.05, 0) is 90.8 Å². The summed E-state index contributed by atoms with van der Waals surface area (Å²) in [5.41, 5.74) is -2.46. The lowest BCUT2D eigenvalue weighted by atomic mass is 9.92. The lowest BCUT2D eigenvalue weighted by molar-refractivity contribution is -0.156. The van der Waals surface area contributed by atoms with Crippen LogP contribution in [0.15, 0.2) is 59.8 Å². The molecule has 0 fully saturated rings. The smallest absolute Gasteiger partial charge is 0.416 e. The van der Waals surface area contributed by atoms with Crippen molar-refractivity contribution >= 4 is 29.6 Å². The number of anilines is 1. The van der Waals surface area contributed by atoms with Crippen molar-refractivity contribution in [2.24, 2.45) is 0 Å². The minimum atomic E-state index is -4.73. The van der Waals surface area contributed by atoms with E-state index in [9.17, 15) is 37.6 Å².